The van der Waals surface area contributed by atoms with Crippen molar-refractivity contribution < 1.29 is 77.6 Å². The van der Waals surface area contributed by atoms with Crippen LogP contribution in [0, 0.1) is 5.92 Å². The van der Waals surface area contributed by atoms with Crippen LogP contribution in [-0.2, 0) is 81.6 Å². The van der Waals surface area contributed by atoms with Crippen LogP contribution in [0.2, 0.25) is 0 Å². The highest BCUT2D eigenvalue weighted by atomic mass is 16.4. The Morgan fingerprint density at radius 2 is 1.18 bits per heavy atom. The maximum Gasteiger partial charge on any atom is 0.322 e. The van der Waals surface area contributed by atoms with Crippen molar-refractivity contribution >= 4 is 82.9 Å². The van der Waals surface area contributed by atoms with Crippen LogP contribution in [0.3, 0.4) is 0 Å². The Bertz CT molecular complexity index is 3090. The van der Waals surface area contributed by atoms with Crippen LogP contribution in [0.15, 0.2) is 60.4 Å². The van der Waals surface area contributed by atoms with E-state index in [0.717, 1.165) is 4.90 Å². The van der Waals surface area contributed by atoms with Crippen LogP contribution in [0.1, 0.15) is 95.5 Å². The number of rotatable bonds is 37. The Kier molecular flexibility index (Phi) is 29.1. The molecule has 35 nitrogen and oxygen atoms in total. The number of carbonyl (C=O) groups is 13. The fraction of sp³-hybridized carbons (Fsp3) is 0.552. The molecule has 0 spiro atoms. The number of amides is 11. The number of likely N-dealkylation sites (tertiary alicyclic amines) is 2. The summed E-state index contributed by atoms with van der Waals surface area (Å²) in [6, 6.07) is -5.06. The number of imidazole rings is 2. The number of guanidine groups is 1. The van der Waals surface area contributed by atoms with E-state index in [0.29, 0.717) is 29.8 Å². The van der Waals surface area contributed by atoms with Gasteiger partial charge in [0.2, 0.25) is 65.0 Å². The quantitative estimate of drug-likeness (QED) is 0.0145. The van der Waals surface area contributed by atoms with Crippen molar-refractivity contribution in [2.45, 2.75) is 158 Å². The van der Waals surface area contributed by atoms with Gasteiger partial charge in [0.25, 0.3) is 0 Å². The number of nitrogens with two attached hydrogens (primary N) is 3. The minimum Gasteiger partial charge on any atom is -0.481 e. The topological polar surface area (TPSA) is 545 Å². The molecule has 11 amide bonds. The molecular weight excluding hydrogens is 1220 g/mol. The molecule has 2 aliphatic heterocycles. The lowest BCUT2D eigenvalue weighted by molar-refractivity contribution is -0.143. The van der Waals surface area contributed by atoms with Gasteiger partial charge in [0, 0.05) is 69.1 Å². The van der Waals surface area contributed by atoms with Crippen molar-refractivity contribution in [3.8, 4) is 0 Å². The largest absolute Gasteiger partial charge is 0.481 e. The third-order valence-corrected chi connectivity index (χ3v) is 15.6. The van der Waals surface area contributed by atoms with Crippen molar-refractivity contribution in [3.05, 3.63) is 72.3 Å². The van der Waals surface area contributed by atoms with Crippen molar-refractivity contribution in [2.75, 3.05) is 39.3 Å². The van der Waals surface area contributed by atoms with E-state index < -0.39 is 176 Å². The van der Waals surface area contributed by atoms with Gasteiger partial charge in [-0.05, 0) is 63.4 Å². The first-order valence-electron chi connectivity index (χ1n) is 30.4. The molecular formula is C58H85N19O16. The summed E-state index contributed by atoms with van der Waals surface area (Å²) in [6.45, 7) is 2.42. The normalized spacial score (nSPS) is 17.2. The number of nitrogens with zero attached hydrogens (tertiary/aromatic N) is 5. The molecule has 0 unspecified atom stereocenters. The first kappa shape index (κ1) is 73.7. The van der Waals surface area contributed by atoms with E-state index >= 15 is 0 Å². The van der Waals surface area contributed by atoms with Gasteiger partial charge in [-0.2, -0.15) is 0 Å². The van der Waals surface area contributed by atoms with E-state index in [2.05, 4.69) is 72.8 Å². The number of aliphatic imine (C=N–C) groups is 1. The second kappa shape index (κ2) is 36.7. The van der Waals surface area contributed by atoms with Gasteiger partial charge in [-0.15, -0.1) is 0 Å². The number of aromatic amines is 2. The zero-order chi connectivity index (χ0) is 68.3. The molecule has 11 atom stereocenters. The van der Waals surface area contributed by atoms with Gasteiger partial charge in [0.1, 0.15) is 60.9 Å². The van der Waals surface area contributed by atoms with Gasteiger partial charge in [-0.1, -0.05) is 50.6 Å². The summed E-state index contributed by atoms with van der Waals surface area (Å²) in [5.74, 6) is -12.7. The highest BCUT2D eigenvalue weighted by molar-refractivity contribution is 5.99. The maximum atomic E-state index is 14.6. The highest BCUT2D eigenvalue weighted by Crippen LogP contribution is 2.22. The highest BCUT2D eigenvalue weighted by Gasteiger charge is 2.42. The Morgan fingerprint density at radius 1 is 0.624 bits per heavy atom. The standard InChI is InChI=1S/C58H85N19O16/c1-4-31(2)47(75-44(79)26-65-53(89)42-14-9-19-76(42)57(93)40(23-35-25-63-30-68-35)72-49(85)36(59)22-34-24-62-29-67-34)55(91)69-32(3)48(84)70-38(16-17-45(80)81)51(87)73-39(21-33-11-6-5-7-12-33)56(92)77-20-10-15-43(77)54(90)74-41(28-78)52(88)71-37(13-8-18-64-58(60)61)50(86)66-27-46(82)83/h5-7,11-12,24-25,29-32,36-43,47,78H,4,8-10,13-23,26-28,59H2,1-3H3,(H,62,67)(H,63,68)(H,65,89)(H,66,86)(H,69,91)(H,70,84)(H,71,88)(H,72,85)(H,73,87)(H,74,90)(H,75,79)(H,80,81)(H,82,83)(H4,60,61,64)/t31-,32-,36-,37-,38-,39-,40-,41-,42-,43-,47-/m0/s1. The predicted octanol–water partition coefficient (Wildman–Crippen LogP) is -5.84. The summed E-state index contributed by atoms with van der Waals surface area (Å²) in [5.41, 5.74) is 18.6. The summed E-state index contributed by atoms with van der Waals surface area (Å²) in [5, 5.41) is 51.4. The average Bonchev–Trinajstić information content (AvgIpc) is 1.77. The van der Waals surface area contributed by atoms with Crippen molar-refractivity contribution in [3.63, 3.8) is 0 Å². The number of aliphatic carboxylic acids is 2. The number of hydrogen-bond acceptors (Lipinski definition) is 18. The molecule has 0 bridgehead atoms. The van der Waals surface area contributed by atoms with Crippen LogP contribution >= 0.6 is 0 Å². The number of hydrogen-bond donors (Lipinski definition) is 17. The molecule has 2 aliphatic rings. The third kappa shape index (κ3) is 23.3. The Balaban J connectivity index is 1.22. The number of H-pyrrole nitrogens is 2. The van der Waals surface area contributed by atoms with Crippen LogP contribution in [0.4, 0.5) is 0 Å². The second-order valence-electron chi connectivity index (χ2n) is 22.6. The molecule has 35 heteroatoms. The van der Waals surface area contributed by atoms with Crippen molar-refractivity contribution in [1.29, 1.82) is 0 Å². The van der Waals surface area contributed by atoms with E-state index in [1.54, 1.807) is 44.2 Å². The van der Waals surface area contributed by atoms with Crippen molar-refractivity contribution in [2.24, 2.45) is 28.1 Å². The van der Waals surface area contributed by atoms with Crippen LogP contribution in [-0.4, -0.2) is 228 Å². The number of carboxylic acids is 2. The summed E-state index contributed by atoms with van der Waals surface area (Å²) in [7, 11) is 0. The van der Waals surface area contributed by atoms with Gasteiger partial charge in [-0.3, -0.25) is 67.3 Å². The number of benzene rings is 1. The minimum absolute atomic E-state index is 0.0125. The second-order valence-corrected chi connectivity index (χ2v) is 22.6. The molecule has 0 aliphatic carbocycles. The number of carbonyl (C=O) groups excluding carboxylic acids is 11. The van der Waals surface area contributed by atoms with Gasteiger partial charge >= 0.3 is 11.9 Å². The molecule has 0 radical (unpaired) electrons. The maximum absolute atomic E-state index is 14.6. The fourth-order valence-corrected chi connectivity index (χ4v) is 10.4. The monoisotopic (exact) mass is 1300 g/mol. The summed E-state index contributed by atoms with van der Waals surface area (Å²) >= 11 is 0. The minimum atomic E-state index is -1.68. The van der Waals surface area contributed by atoms with E-state index in [1.807, 2.05) is 0 Å². The average molecular weight is 1300 g/mol. The summed E-state index contributed by atoms with van der Waals surface area (Å²) in [4.78, 5) is 195. The lowest BCUT2D eigenvalue weighted by Crippen LogP contribution is -2.60. The molecule has 2 fully saturated rings. The lowest BCUT2D eigenvalue weighted by Gasteiger charge is -2.31. The third-order valence-electron chi connectivity index (χ3n) is 15.6. The Morgan fingerprint density at radius 3 is 1.75 bits per heavy atom. The van der Waals surface area contributed by atoms with E-state index in [9.17, 15) is 72.5 Å². The zero-order valence-electron chi connectivity index (χ0n) is 51.9. The Labute approximate surface area is 534 Å². The molecule has 4 heterocycles. The molecule has 20 N–H and O–H groups in total. The molecule has 2 aromatic heterocycles. The molecule has 508 valence electrons. The van der Waals surface area contributed by atoms with E-state index in [1.165, 1.54) is 36.9 Å². The molecule has 1 aromatic carbocycles. The van der Waals surface area contributed by atoms with Gasteiger partial charge in [-0.25, -0.2) is 9.97 Å². The van der Waals surface area contributed by atoms with Gasteiger partial charge in [0.15, 0.2) is 5.96 Å². The fourth-order valence-electron chi connectivity index (χ4n) is 10.4. The number of aromatic nitrogens is 4. The molecule has 2 saturated heterocycles. The smallest absolute Gasteiger partial charge is 0.322 e. The van der Waals surface area contributed by atoms with Crippen LogP contribution in [0.25, 0.3) is 0 Å². The van der Waals surface area contributed by atoms with Gasteiger partial charge < -0.3 is 100 Å². The molecule has 5 rings (SSSR count). The van der Waals surface area contributed by atoms with Crippen LogP contribution < -0.4 is 65.1 Å². The number of nitrogens with one attached hydrogen (secondary N) is 11. The predicted molar refractivity (Wildman–Crippen MR) is 328 cm³/mol. The summed E-state index contributed by atoms with van der Waals surface area (Å²) in [6.07, 6.45) is 5.94. The number of carboxylic acid groups (broad SMARTS) is 2. The first-order chi connectivity index (χ1) is 44.3. The zero-order valence-corrected chi connectivity index (χ0v) is 51.9. The molecule has 93 heavy (non-hydrogen) atoms. The number of aliphatic hydroxyl groups excluding tert-OH is 1. The Hall–Kier alpha value is -10.1. The van der Waals surface area contributed by atoms with Crippen LogP contribution in [0.5, 0.6) is 0 Å². The SMILES string of the molecule is CC[C@H](C)[C@H](NC(=O)CNC(=O)[C@@H]1CCCN1C(=O)[C@H](Cc1cnc[nH]1)NC(=O)[C@@H](N)Cc1cnc[nH]1)C(=O)N[C@@H](C)C(=O)N[C@@H](CCC(=O)O)C(=O)N[C@@H](Cc1ccccc1)C(=O)N1CCC[C@H]1C(=O)N[C@@H](CO)C(=O)N[C@@H](CCCN=C(N)N)C(=O)NCC(=O)O. The summed E-state index contributed by atoms with van der Waals surface area (Å²) < 4.78 is 0. The van der Waals surface area contributed by atoms with E-state index in [4.69, 9.17) is 22.3 Å². The molecule has 0 saturated carbocycles. The number of aliphatic hydroxyl groups is 1. The van der Waals surface area contributed by atoms with Crippen molar-refractivity contribution in [1.82, 2.24) is 77.6 Å². The first-order valence-corrected chi connectivity index (χ1v) is 30.4. The molecule has 3 aromatic rings. The van der Waals surface area contributed by atoms with E-state index in [-0.39, 0.29) is 77.0 Å². The lowest BCUT2D eigenvalue weighted by atomic mass is 9.98. The van der Waals surface area contributed by atoms with Gasteiger partial charge in [0.05, 0.1) is 31.8 Å².